The molecule has 0 amide bonds. The van der Waals surface area contributed by atoms with Crippen molar-refractivity contribution in [1.82, 2.24) is 0 Å². The Labute approximate surface area is 110 Å². The molecule has 0 saturated heterocycles. The zero-order valence-electron chi connectivity index (χ0n) is 11.8. The second-order valence-corrected chi connectivity index (χ2v) is 5.27. The van der Waals surface area contributed by atoms with E-state index in [4.69, 9.17) is 9.47 Å². The topological polar surface area (TPSA) is 38.7 Å². The molecule has 3 nitrogen and oxygen atoms in total. The van der Waals surface area contributed by atoms with Crippen LogP contribution in [0.4, 0.5) is 0 Å². The molecule has 0 aliphatic carbocycles. The lowest BCUT2D eigenvalue weighted by Gasteiger charge is -2.20. The monoisotopic (exact) mass is 252 g/mol. The lowest BCUT2D eigenvalue weighted by atomic mass is 10.1. The van der Waals surface area contributed by atoms with Crippen LogP contribution in [0.5, 0.6) is 5.75 Å². The van der Waals surface area contributed by atoms with Crippen LogP contribution in [0.15, 0.2) is 24.3 Å². The van der Waals surface area contributed by atoms with E-state index in [2.05, 4.69) is 0 Å². The number of hydrogen-bond donors (Lipinski definition) is 1. The Morgan fingerprint density at radius 1 is 1.17 bits per heavy atom. The fourth-order valence-electron chi connectivity index (χ4n) is 1.61. The smallest absolute Gasteiger partial charge is 0.125 e. The number of benzene rings is 1. The predicted molar refractivity (Wildman–Crippen MR) is 72.9 cm³/mol. The van der Waals surface area contributed by atoms with Crippen molar-refractivity contribution in [3.8, 4) is 5.75 Å². The van der Waals surface area contributed by atoms with Crippen LogP contribution in [0.2, 0.25) is 0 Å². The van der Waals surface area contributed by atoms with E-state index >= 15 is 0 Å². The van der Waals surface area contributed by atoms with Crippen molar-refractivity contribution in [3.63, 3.8) is 0 Å². The Hall–Kier alpha value is -1.06. The Morgan fingerprint density at radius 2 is 1.83 bits per heavy atom. The van der Waals surface area contributed by atoms with Crippen molar-refractivity contribution >= 4 is 0 Å². The maximum absolute atomic E-state index is 9.88. The van der Waals surface area contributed by atoms with E-state index < -0.39 is 6.10 Å². The van der Waals surface area contributed by atoms with Gasteiger partial charge in [0.2, 0.25) is 0 Å². The number of aliphatic hydroxyl groups is 1. The lowest BCUT2D eigenvalue weighted by Crippen LogP contribution is -2.22. The summed E-state index contributed by atoms with van der Waals surface area (Å²) in [6, 6.07) is 7.60. The second kappa shape index (κ2) is 6.76. The van der Waals surface area contributed by atoms with Crippen LogP contribution in [0.25, 0.3) is 0 Å². The summed E-state index contributed by atoms with van der Waals surface area (Å²) in [5, 5.41) is 9.88. The van der Waals surface area contributed by atoms with Gasteiger partial charge in [0.1, 0.15) is 12.4 Å². The Balaban J connectivity index is 2.52. The highest BCUT2D eigenvalue weighted by atomic mass is 16.5. The normalized spacial score (nSPS) is 13.4. The minimum absolute atomic E-state index is 0.147. The zero-order chi connectivity index (χ0) is 13.6. The van der Waals surface area contributed by atoms with Gasteiger partial charge in [-0.3, -0.25) is 0 Å². The maximum atomic E-state index is 9.88. The molecule has 102 valence electrons. The van der Waals surface area contributed by atoms with E-state index in [0.717, 1.165) is 11.3 Å². The van der Waals surface area contributed by atoms with Gasteiger partial charge in [-0.15, -0.1) is 0 Å². The number of ether oxygens (including phenoxy) is 2. The number of aliphatic hydroxyl groups excluding tert-OH is 1. The summed E-state index contributed by atoms with van der Waals surface area (Å²) in [4.78, 5) is 0. The van der Waals surface area contributed by atoms with E-state index in [-0.39, 0.29) is 5.60 Å². The van der Waals surface area contributed by atoms with Gasteiger partial charge in [-0.05, 0) is 33.3 Å². The minimum atomic E-state index is -0.468. The number of rotatable bonds is 6. The van der Waals surface area contributed by atoms with E-state index in [1.807, 2.05) is 52.0 Å². The molecule has 3 heteroatoms. The molecular weight excluding hydrogens is 228 g/mol. The quantitative estimate of drug-likeness (QED) is 0.789. The summed E-state index contributed by atoms with van der Waals surface area (Å²) in [5.41, 5.74) is 0.696. The molecule has 1 atom stereocenters. The molecule has 0 fully saturated rings. The van der Waals surface area contributed by atoms with Crippen LogP contribution >= 0.6 is 0 Å². The first-order chi connectivity index (χ1) is 8.44. The molecule has 1 rings (SSSR count). The maximum Gasteiger partial charge on any atom is 0.125 e. The van der Waals surface area contributed by atoms with E-state index in [1.54, 1.807) is 0 Å². The zero-order valence-corrected chi connectivity index (χ0v) is 11.8. The SMILES string of the molecule is CC[C@H](O)c1ccccc1OCCOC(C)(C)C. The van der Waals surface area contributed by atoms with Crippen molar-refractivity contribution in [2.75, 3.05) is 13.2 Å². The molecule has 18 heavy (non-hydrogen) atoms. The first kappa shape index (κ1) is 15.0. The van der Waals surface area contributed by atoms with Gasteiger partial charge in [0, 0.05) is 5.56 Å². The van der Waals surface area contributed by atoms with Gasteiger partial charge in [-0.25, -0.2) is 0 Å². The van der Waals surface area contributed by atoms with Crippen molar-refractivity contribution in [2.45, 2.75) is 45.8 Å². The van der Waals surface area contributed by atoms with Gasteiger partial charge < -0.3 is 14.6 Å². The molecule has 0 aliphatic rings. The molecule has 0 radical (unpaired) electrons. The third kappa shape index (κ3) is 5.07. The van der Waals surface area contributed by atoms with Crippen molar-refractivity contribution in [2.24, 2.45) is 0 Å². The van der Waals surface area contributed by atoms with Crippen molar-refractivity contribution in [3.05, 3.63) is 29.8 Å². The fourth-order valence-corrected chi connectivity index (χ4v) is 1.61. The van der Waals surface area contributed by atoms with Crippen molar-refractivity contribution in [1.29, 1.82) is 0 Å². The summed E-state index contributed by atoms with van der Waals surface area (Å²) in [6.07, 6.45) is 0.212. The molecule has 1 aromatic carbocycles. The largest absolute Gasteiger partial charge is 0.491 e. The van der Waals surface area contributed by atoms with Crippen LogP contribution in [0.3, 0.4) is 0 Å². The molecule has 0 heterocycles. The highest BCUT2D eigenvalue weighted by Crippen LogP contribution is 2.26. The molecule has 0 saturated carbocycles. The minimum Gasteiger partial charge on any atom is -0.491 e. The Bertz CT molecular complexity index is 355. The molecule has 1 N–H and O–H groups in total. The van der Waals surface area contributed by atoms with Crippen LogP contribution in [0, 0.1) is 0 Å². The van der Waals surface area contributed by atoms with Gasteiger partial charge in [0.25, 0.3) is 0 Å². The summed E-state index contributed by atoms with van der Waals surface area (Å²) in [6.45, 7) is 9.03. The Kier molecular flexibility index (Phi) is 5.63. The van der Waals surface area contributed by atoms with Gasteiger partial charge in [0.05, 0.1) is 18.3 Å². The molecule has 0 aliphatic heterocycles. The first-order valence-corrected chi connectivity index (χ1v) is 6.48. The molecule has 1 aromatic rings. The molecular formula is C15H24O3. The molecule has 0 bridgehead atoms. The Morgan fingerprint density at radius 3 is 2.44 bits per heavy atom. The number of hydrogen-bond acceptors (Lipinski definition) is 3. The van der Waals surface area contributed by atoms with Crippen molar-refractivity contribution < 1.29 is 14.6 Å². The number of para-hydroxylation sites is 1. The summed E-state index contributed by atoms with van der Waals surface area (Å²) in [5.74, 6) is 0.740. The predicted octanol–water partition coefficient (Wildman–Crippen LogP) is 3.32. The summed E-state index contributed by atoms with van der Waals surface area (Å²) >= 11 is 0. The third-order valence-corrected chi connectivity index (χ3v) is 2.54. The molecule has 0 aromatic heterocycles. The average molecular weight is 252 g/mol. The van der Waals surface area contributed by atoms with Gasteiger partial charge in [0.15, 0.2) is 0 Å². The highest BCUT2D eigenvalue weighted by Gasteiger charge is 2.12. The van der Waals surface area contributed by atoms with E-state index in [1.165, 1.54) is 0 Å². The van der Waals surface area contributed by atoms with Crippen LogP contribution in [0.1, 0.15) is 45.8 Å². The van der Waals surface area contributed by atoms with E-state index in [0.29, 0.717) is 19.6 Å². The van der Waals surface area contributed by atoms with Crippen LogP contribution in [-0.2, 0) is 4.74 Å². The standard InChI is InChI=1S/C15H24O3/c1-5-13(16)12-8-6-7-9-14(12)17-10-11-18-15(2,3)4/h6-9,13,16H,5,10-11H2,1-4H3/t13-/m0/s1. The van der Waals surface area contributed by atoms with Gasteiger partial charge in [-0.2, -0.15) is 0 Å². The lowest BCUT2D eigenvalue weighted by molar-refractivity contribution is -0.0166. The highest BCUT2D eigenvalue weighted by molar-refractivity contribution is 5.34. The third-order valence-electron chi connectivity index (χ3n) is 2.54. The first-order valence-electron chi connectivity index (χ1n) is 6.48. The van der Waals surface area contributed by atoms with Crippen LogP contribution < -0.4 is 4.74 Å². The summed E-state index contributed by atoms with van der Waals surface area (Å²) < 4.78 is 11.3. The van der Waals surface area contributed by atoms with E-state index in [9.17, 15) is 5.11 Å². The molecule has 0 unspecified atom stereocenters. The summed E-state index contributed by atoms with van der Waals surface area (Å²) in [7, 11) is 0. The average Bonchev–Trinajstić information content (AvgIpc) is 2.33. The second-order valence-electron chi connectivity index (χ2n) is 5.27. The fraction of sp³-hybridized carbons (Fsp3) is 0.600. The van der Waals surface area contributed by atoms with Gasteiger partial charge in [-0.1, -0.05) is 25.1 Å². The molecule has 0 spiro atoms. The van der Waals surface area contributed by atoms with Crippen LogP contribution in [-0.4, -0.2) is 23.9 Å². The van der Waals surface area contributed by atoms with Gasteiger partial charge >= 0.3 is 0 Å².